The lowest BCUT2D eigenvalue weighted by molar-refractivity contribution is -0.143. The predicted molar refractivity (Wildman–Crippen MR) is 65.9 cm³/mol. The molecule has 2 N–H and O–H groups in total. The highest BCUT2D eigenvalue weighted by atomic mass is 32.2. The van der Waals surface area contributed by atoms with E-state index >= 15 is 0 Å². The molecule has 92 valence electrons. The summed E-state index contributed by atoms with van der Waals surface area (Å²) < 4.78 is 0. The molecule has 0 saturated carbocycles. The number of rotatable bonds is 2. The molecule has 0 aromatic heterocycles. The fourth-order valence-corrected chi connectivity index (χ4v) is 2.93. The first-order valence-corrected chi connectivity index (χ1v) is 6.24. The van der Waals surface area contributed by atoms with E-state index in [1.165, 1.54) is 16.7 Å². The van der Waals surface area contributed by atoms with Crippen LogP contribution in [0.25, 0.3) is 0 Å². The van der Waals surface area contributed by atoms with E-state index in [0.717, 1.165) is 0 Å². The molecular weight excluding hydrogens is 224 g/mol. The summed E-state index contributed by atoms with van der Waals surface area (Å²) in [6, 6.07) is 0. The van der Waals surface area contributed by atoms with Crippen molar-refractivity contribution in [2.24, 2.45) is 5.73 Å². The molecule has 0 spiro atoms. The van der Waals surface area contributed by atoms with Crippen LogP contribution < -0.4 is 5.73 Å². The molecule has 2 amide bonds. The van der Waals surface area contributed by atoms with Gasteiger partial charge in [-0.15, -0.1) is 11.8 Å². The lowest BCUT2D eigenvalue weighted by Crippen LogP contribution is -2.46. The number of amides is 2. The SMILES string of the molecule is CC(C)(N)SC1CC(=O)N(C(C)(C)C)C1=O. The Morgan fingerprint density at radius 3 is 2.06 bits per heavy atom. The molecule has 0 bridgehead atoms. The van der Waals surface area contributed by atoms with Crippen molar-refractivity contribution in [2.75, 3.05) is 0 Å². The Balaban J connectivity index is 2.83. The van der Waals surface area contributed by atoms with Crippen LogP contribution in [0.5, 0.6) is 0 Å². The van der Waals surface area contributed by atoms with E-state index in [1.807, 2.05) is 34.6 Å². The summed E-state index contributed by atoms with van der Waals surface area (Å²) in [5, 5.41) is -0.327. The standard InChI is InChI=1S/C11H20N2O2S/c1-10(2,3)13-8(14)6-7(9(13)15)16-11(4,5)12/h7H,6,12H2,1-5H3. The Bertz CT molecular complexity index is 315. The molecule has 1 fully saturated rings. The first-order valence-electron chi connectivity index (χ1n) is 5.36. The van der Waals surface area contributed by atoms with Gasteiger partial charge in [-0.3, -0.25) is 14.5 Å². The van der Waals surface area contributed by atoms with Gasteiger partial charge in [0.1, 0.15) is 0 Å². The Hall–Kier alpha value is -0.550. The highest BCUT2D eigenvalue weighted by Crippen LogP contribution is 2.34. The first-order chi connectivity index (χ1) is 7.02. The molecule has 1 saturated heterocycles. The summed E-state index contributed by atoms with van der Waals surface area (Å²) in [6.07, 6.45) is 0.265. The predicted octanol–water partition coefficient (Wildman–Crippen LogP) is 1.34. The van der Waals surface area contributed by atoms with E-state index in [2.05, 4.69) is 0 Å². The van der Waals surface area contributed by atoms with Crippen molar-refractivity contribution in [1.82, 2.24) is 4.90 Å². The number of carbonyl (C=O) groups is 2. The van der Waals surface area contributed by atoms with Gasteiger partial charge in [-0.2, -0.15) is 0 Å². The second kappa shape index (κ2) is 4.04. The van der Waals surface area contributed by atoms with Gasteiger partial charge in [0.2, 0.25) is 11.8 Å². The van der Waals surface area contributed by atoms with E-state index in [1.54, 1.807) is 0 Å². The Morgan fingerprint density at radius 2 is 1.75 bits per heavy atom. The van der Waals surface area contributed by atoms with Crippen LogP contribution in [0, 0.1) is 0 Å². The molecule has 1 unspecified atom stereocenters. The van der Waals surface area contributed by atoms with Gasteiger partial charge in [-0.05, 0) is 34.6 Å². The summed E-state index contributed by atoms with van der Waals surface area (Å²) in [4.78, 5) is 24.7. The van der Waals surface area contributed by atoms with Crippen molar-refractivity contribution in [3.63, 3.8) is 0 Å². The third-order valence-corrected chi connectivity index (χ3v) is 3.48. The van der Waals surface area contributed by atoms with Crippen molar-refractivity contribution < 1.29 is 9.59 Å². The fraction of sp³-hybridized carbons (Fsp3) is 0.818. The molecule has 0 aliphatic carbocycles. The third kappa shape index (κ3) is 2.98. The van der Waals surface area contributed by atoms with Gasteiger partial charge in [-0.1, -0.05) is 0 Å². The summed E-state index contributed by atoms with van der Waals surface area (Å²) in [6.45, 7) is 9.28. The summed E-state index contributed by atoms with van der Waals surface area (Å²) in [7, 11) is 0. The van der Waals surface area contributed by atoms with Crippen LogP contribution >= 0.6 is 11.8 Å². The number of imide groups is 1. The van der Waals surface area contributed by atoms with Crippen molar-refractivity contribution in [3.05, 3.63) is 0 Å². The van der Waals surface area contributed by atoms with Gasteiger partial charge in [0.25, 0.3) is 0 Å². The molecule has 0 aromatic rings. The molecule has 5 heteroatoms. The van der Waals surface area contributed by atoms with Crippen LogP contribution in [0.3, 0.4) is 0 Å². The number of likely N-dealkylation sites (tertiary alicyclic amines) is 1. The number of hydrogen-bond donors (Lipinski definition) is 1. The van der Waals surface area contributed by atoms with Gasteiger partial charge >= 0.3 is 0 Å². The van der Waals surface area contributed by atoms with Crippen molar-refractivity contribution >= 4 is 23.6 Å². The number of nitrogens with two attached hydrogens (primary N) is 1. The second-order valence-corrected chi connectivity index (χ2v) is 7.51. The zero-order valence-corrected chi connectivity index (χ0v) is 11.4. The third-order valence-electron chi connectivity index (χ3n) is 2.22. The Morgan fingerprint density at radius 1 is 1.25 bits per heavy atom. The quantitative estimate of drug-likeness (QED) is 0.588. The van der Waals surface area contributed by atoms with E-state index in [-0.39, 0.29) is 23.5 Å². The maximum atomic E-state index is 12.1. The van der Waals surface area contributed by atoms with E-state index < -0.39 is 10.4 Å². The maximum Gasteiger partial charge on any atom is 0.243 e. The number of nitrogens with zero attached hydrogens (tertiary/aromatic N) is 1. The zero-order chi connectivity index (χ0) is 12.7. The van der Waals surface area contributed by atoms with Crippen LogP contribution in [0.4, 0.5) is 0 Å². The van der Waals surface area contributed by atoms with Crippen LogP contribution in [0.2, 0.25) is 0 Å². The minimum Gasteiger partial charge on any atom is -0.317 e. The highest BCUT2D eigenvalue weighted by molar-refractivity contribution is 8.01. The minimum absolute atomic E-state index is 0.0979. The number of carbonyl (C=O) groups excluding carboxylic acids is 2. The summed E-state index contributed by atoms with van der Waals surface area (Å²) >= 11 is 1.36. The van der Waals surface area contributed by atoms with E-state index in [9.17, 15) is 9.59 Å². The lowest BCUT2D eigenvalue weighted by atomic mass is 10.1. The smallest absolute Gasteiger partial charge is 0.243 e. The van der Waals surface area contributed by atoms with Crippen LogP contribution in [-0.4, -0.2) is 32.4 Å². The van der Waals surface area contributed by atoms with Crippen molar-refractivity contribution in [3.8, 4) is 0 Å². The molecule has 1 heterocycles. The molecule has 1 aliphatic heterocycles. The van der Waals surface area contributed by atoms with Gasteiger partial charge in [0, 0.05) is 12.0 Å². The molecule has 16 heavy (non-hydrogen) atoms. The molecule has 0 radical (unpaired) electrons. The molecular formula is C11H20N2O2S. The second-order valence-electron chi connectivity index (χ2n) is 5.65. The van der Waals surface area contributed by atoms with Crippen LogP contribution in [0.1, 0.15) is 41.0 Å². The minimum atomic E-state index is -0.492. The Kier molecular flexibility index (Phi) is 3.41. The average molecular weight is 244 g/mol. The molecule has 1 aliphatic rings. The van der Waals surface area contributed by atoms with Gasteiger partial charge in [0.05, 0.1) is 10.1 Å². The average Bonchev–Trinajstić information content (AvgIpc) is 2.21. The van der Waals surface area contributed by atoms with Crippen molar-refractivity contribution in [1.29, 1.82) is 0 Å². The normalized spacial score (nSPS) is 23.1. The monoisotopic (exact) mass is 244 g/mol. The Labute approximate surface area is 101 Å². The summed E-state index contributed by atoms with van der Waals surface area (Å²) in [5.74, 6) is -0.208. The first kappa shape index (κ1) is 13.5. The molecule has 1 rings (SSSR count). The highest BCUT2D eigenvalue weighted by Gasteiger charge is 2.45. The topological polar surface area (TPSA) is 63.4 Å². The van der Waals surface area contributed by atoms with Crippen LogP contribution in [-0.2, 0) is 9.59 Å². The van der Waals surface area contributed by atoms with Crippen LogP contribution in [0.15, 0.2) is 0 Å². The van der Waals surface area contributed by atoms with Gasteiger partial charge in [0.15, 0.2) is 0 Å². The van der Waals surface area contributed by atoms with E-state index in [0.29, 0.717) is 0 Å². The number of thioether (sulfide) groups is 1. The molecule has 4 nitrogen and oxygen atoms in total. The van der Waals surface area contributed by atoms with Crippen molar-refractivity contribution in [2.45, 2.75) is 56.7 Å². The summed E-state index contributed by atoms with van der Waals surface area (Å²) in [5.41, 5.74) is 5.42. The zero-order valence-electron chi connectivity index (χ0n) is 10.5. The largest absolute Gasteiger partial charge is 0.317 e. The van der Waals surface area contributed by atoms with E-state index in [4.69, 9.17) is 5.73 Å². The van der Waals surface area contributed by atoms with Gasteiger partial charge < -0.3 is 5.73 Å². The fourth-order valence-electron chi connectivity index (χ4n) is 1.77. The molecule has 1 atom stereocenters. The lowest BCUT2D eigenvalue weighted by Gasteiger charge is -2.30. The van der Waals surface area contributed by atoms with Gasteiger partial charge in [-0.25, -0.2) is 0 Å². The maximum absolute atomic E-state index is 12.1. The number of hydrogen-bond acceptors (Lipinski definition) is 4. The molecule has 0 aromatic carbocycles.